The number of nitrogens with two attached hydrogens (primary N) is 2. The van der Waals surface area contributed by atoms with E-state index in [1.165, 1.54) is 23.4 Å². The average Bonchev–Trinajstić information content (AvgIpc) is 3.10. The summed E-state index contributed by atoms with van der Waals surface area (Å²) in [7, 11) is 0. The van der Waals surface area contributed by atoms with E-state index in [1.54, 1.807) is 0 Å². The molecule has 4 rings (SSSR count). The van der Waals surface area contributed by atoms with Crippen molar-refractivity contribution in [3.63, 3.8) is 0 Å². The number of nitrogens with zero attached hydrogens (tertiary/aromatic N) is 3. The maximum absolute atomic E-state index is 13.0. The van der Waals surface area contributed by atoms with Gasteiger partial charge >= 0.3 is 6.18 Å². The lowest BCUT2D eigenvalue weighted by molar-refractivity contribution is -0.141. The maximum Gasteiger partial charge on any atom is 0.434 e. The van der Waals surface area contributed by atoms with E-state index in [-0.39, 0.29) is 9.92 Å². The summed E-state index contributed by atoms with van der Waals surface area (Å²) in [6.45, 7) is 1.60. The van der Waals surface area contributed by atoms with Crippen molar-refractivity contribution >= 4 is 29.3 Å². The van der Waals surface area contributed by atoms with Crippen LogP contribution in [0.2, 0.25) is 5.02 Å². The van der Waals surface area contributed by atoms with Gasteiger partial charge in [0, 0.05) is 24.2 Å². The Kier molecular flexibility index (Phi) is 6.31. The van der Waals surface area contributed by atoms with Crippen molar-refractivity contribution in [3.05, 3.63) is 69.6 Å². The third kappa shape index (κ3) is 4.83. The first kappa shape index (κ1) is 22.8. The van der Waals surface area contributed by atoms with Crippen molar-refractivity contribution in [2.45, 2.75) is 36.8 Å². The number of thioether (sulfide) groups is 1. The molecule has 0 saturated carbocycles. The van der Waals surface area contributed by atoms with E-state index in [1.807, 2.05) is 4.90 Å². The van der Waals surface area contributed by atoms with Gasteiger partial charge in [-0.05, 0) is 48.3 Å². The van der Waals surface area contributed by atoms with Crippen LogP contribution in [0.3, 0.4) is 0 Å². The summed E-state index contributed by atoms with van der Waals surface area (Å²) >= 11 is 6.74. The molecule has 0 amide bonds. The van der Waals surface area contributed by atoms with Gasteiger partial charge < -0.3 is 16.4 Å². The number of hydrogen-bond donors (Lipinski definition) is 2. The molecular weight excluding hydrogens is 459 g/mol. The van der Waals surface area contributed by atoms with Gasteiger partial charge in [0.15, 0.2) is 11.7 Å². The molecule has 2 aromatic rings. The van der Waals surface area contributed by atoms with Crippen LogP contribution in [0.5, 0.6) is 0 Å². The molecule has 5 nitrogen and oxygen atoms in total. The zero-order valence-corrected chi connectivity index (χ0v) is 18.8. The molecule has 1 saturated heterocycles. The van der Waals surface area contributed by atoms with E-state index in [0.717, 1.165) is 56.7 Å². The number of guanidine groups is 1. The van der Waals surface area contributed by atoms with Crippen LogP contribution in [0, 0.1) is 5.41 Å². The number of likely N-dealkylation sites (tertiary alicyclic amines) is 1. The molecule has 10 heteroatoms. The van der Waals surface area contributed by atoms with Crippen molar-refractivity contribution < 1.29 is 13.2 Å². The molecule has 2 heterocycles. The predicted molar refractivity (Wildman–Crippen MR) is 121 cm³/mol. The minimum atomic E-state index is -4.64. The monoisotopic (exact) mass is 481 g/mol. The van der Waals surface area contributed by atoms with Gasteiger partial charge in [0.25, 0.3) is 0 Å². The summed E-state index contributed by atoms with van der Waals surface area (Å²) in [5, 5.41) is -0.314. The highest BCUT2D eigenvalue weighted by molar-refractivity contribution is 8.03. The van der Waals surface area contributed by atoms with Crippen molar-refractivity contribution in [3.8, 4) is 0 Å². The highest BCUT2D eigenvalue weighted by Crippen LogP contribution is 2.44. The maximum atomic E-state index is 13.0. The lowest BCUT2D eigenvalue weighted by atomic mass is 9.76. The van der Waals surface area contributed by atoms with Gasteiger partial charge in [-0.1, -0.05) is 47.6 Å². The number of alkyl halides is 3. The Hall–Kier alpha value is -2.39. The normalized spacial score (nSPS) is 18.8. The highest BCUT2D eigenvalue weighted by atomic mass is 35.5. The number of fused-ring (bicyclic) bond motifs is 1. The fourth-order valence-corrected chi connectivity index (χ4v) is 5.41. The highest BCUT2D eigenvalue weighted by Gasteiger charge is 2.40. The van der Waals surface area contributed by atoms with E-state index in [0.29, 0.717) is 11.4 Å². The van der Waals surface area contributed by atoms with E-state index in [4.69, 9.17) is 23.1 Å². The summed E-state index contributed by atoms with van der Waals surface area (Å²) in [5.41, 5.74) is 14.1. The average molecular weight is 482 g/mol. The molecule has 0 unspecified atom stereocenters. The standard InChI is InChI=1S/C22H23ClF3N5S/c23-18-16(5-8-29-19(18)22(24,25)26)32-17(27)13-30-20(28)31-9-6-21(7-10-31)11-14-3-1-2-4-15(14)12-21/h1-5,8,13H,6-7,9-12,27H2,(H2,28,30)/b17-13+. The van der Waals surface area contributed by atoms with E-state index in [9.17, 15) is 13.2 Å². The van der Waals surface area contributed by atoms with Crippen LogP contribution in [0.15, 0.2) is 57.6 Å². The molecule has 1 spiro atoms. The van der Waals surface area contributed by atoms with Gasteiger partial charge in [0.05, 0.1) is 16.3 Å². The van der Waals surface area contributed by atoms with Gasteiger partial charge in [-0.3, -0.25) is 4.98 Å². The molecule has 32 heavy (non-hydrogen) atoms. The molecule has 0 radical (unpaired) electrons. The van der Waals surface area contributed by atoms with Crippen LogP contribution in [0.4, 0.5) is 13.2 Å². The largest absolute Gasteiger partial charge is 0.434 e. The molecule has 0 bridgehead atoms. The predicted octanol–water partition coefficient (Wildman–Crippen LogP) is 4.80. The second-order valence-corrected chi connectivity index (χ2v) is 9.69. The summed E-state index contributed by atoms with van der Waals surface area (Å²) in [6, 6.07) is 9.99. The molecule has 1 fully saturated rings. The Bertz CT molecular complexity index is 1030. The van der Waals surface area contributed by atoms with Crippen molar-refractivity contribution in [2.75, 3.05) is 13.1 Å². The number of halogens is 4. The first-order chi connectivity index (χ1) is 15.2. The lowest BCUT2D eigenvalue weighted by Crippen LogP contribution is -2.46. The van der Waals surface area contributed by atoms with Crippen LogP contribution in [0.1, 0.15) is 29.7 Å². The number of aliphatic imine (C=N–C) groups is 1. The number of rotatable bonds is 3. The van der Waals surface area contributed by atoms with E-state index >= 15 is 0 Å². The smallest absolute Gasteiger partial charge is 0.392 e. The molecule has 1 aromatic carbocycles. The Morgan fingerprint density at radius 2 is 1.75 bits per heavy atom. The Morgan fingerprint density at radius 3 is 2.34 bits per heavy atom. The zero-order chi connectivity index (χ0) is 22.9. The van der Waals surface area contributed by atoms with E-state index in [2.05, 4.69) is 34.2 Å². The third-order valence-corrected chi connectivity index (χ3v) is 7.47. The van der Waals surface area contributed by atoms with Gasteiger partial charge in [-0.25, -0.2) is 4.99 Å². The minimum Gasteiger partial charge on any atom is -0.392 e. The van der Waals surface area contributed by atoms with Crippen LogP contribution in [-0.2, 0) is 19.0 Å². The summed E-state index contributed by atoms with van der Waals surface area (Å²) in [4.78, 5) is 9.71. The molecule has 0 atom stereocenters. The fourth-order valence-electron chi connectivity index (χ4n) is 4.40. The van der Waals surface area contributed by atoms with Gasteiger partial charge in [0.2, 0.25) is 0 Å². The lowest BCUT2D eigenvalue weighted by Gasteiger charge is -2.39. The number of piperidine rings is 1. The molecular formula is C22H23ClF3N5S. The first-order valence-corrected chi connectivity index (χ1v) is 11.4. The van der Waals surface area contributed by atoms with Crippen LogP contribution < -0.4 is 11.5 Å². The fraction of sp³-hybridized carbons (Fsp3) is 0.364. The number of hydrogen-bond acceptors (Lipinski definition) is 4. The van der Waals surface area contributed by atoms with Crippen molar-refractivity contribution in [1.82, 2.24) is 9.88 Å². The summed E-state index contributed by atoms with van der Waals surface area (Å²) < 4.78 is 38.9. The van der Waals surface area contributed by atoms with Crippen molar-refractivity contribution in [1.29, 1.82) is 0 Å². The molecule has 1 aliphatic heterocycles. The quantitative estimate of drug-likeness (QED) is 0.374. The Balaban J connectivity index is 1.37. The van der Waals surface area contributed by atoms with Gasteiger partial charge in [-0.15, -0.1) is 0 Å². The molecule has 170 valence electrons. The van der Waals surface area contributed by atoms with Crippen LogP contribution in [0.25, 0.3) is 0 Å². The number of benzene rings is 1. The molecule has 2 aliphatic rings. The van der Waals surface area contributed by atoms with Crippen molar-refractivity contribution in [2.24, 2.45) is 21.9 Å². The number of aromatic nitrogens is 1. The van der Waals surface area contributed by atoms with E-state index < -0.39 is 16.9 Å². The molecule has 1 aliphatic carbocycles. The molecule has 1 aromatic heterocycles. The Morgan fingerprint density at radius 1 is 1.12 bits per heavy atom. The Labute approximate surface area is 193 Å². The number of pyridine rings is 1. The topological polar surface area (TPSA) is 80.5 Å². The minimum absolute atomic E-state index is 0.150. The van der Waals surface area contributed by atoms with Gasteiger partial charge in [0.1, 0.15) is 0 Å². The van der Waals surface area contributed by atoms with Crippen LogP contribution in [-0.4, -0.2) is 28.9 Å². The second kappa shape index (κ2) is 8.86. The first-order valence-electron chi connectivity index (χ1n) is 10.2. The SMILES string of the molecule is NC(=N/C=C(\N)Sc1ccnc(C(F)(F)F)c1Cl)N1CCC2(CC1)Cc1ccccc1C2. The van der Waals surface area contributed by atoms with Crippen LogP contribution >= 0.6 is 23.4 Å². The second-order valence-electron chi connectivity index (χ2n) is 8.20. The zero-order valence-electron chi connectivity index (χ0n) is 17.2. The summed E-state index contributed by atoms with van der Waals surface area (Å²) in [6.07, 6.45) is 2.01. The molecule has 4 N–H and O–H groups in total. The third-order valence-electron chi connectivity index (χ3n) is 6.07. The van der Waals surface area contributed by atoms with Gasteiger partial charge in [-0.2, -0.15) is 13.2 Å². The summed E-state index contributed by atoms with van der Waals surface area (Å²) in [5.74, 6) is 0.343.